The molecule has 5 nitrogen and oxygen atoms in total. The normalized spacial score (nSPS) is 10.9. The standard InChI is InChI=1S/C25H22Cl2N4OS/c1-3-17-8-6-7-16(2)23(17)28-22(32)15-33-25-30-29-24(20-9-4-5-10-21(20)27)31(25)19-13-11-18(26)12-14-19/h4-14H,3,15H2,1-2H3,(H,28,32). The molecule has 0 aliphatic carbocycles. The molecule has 4 rings (SSSR count). The number of nitrogens with one attached hydrogen (secondary N) is 1. The summed E-state index contributed by atoms with van der Waals surface area (Å²) >= 11 is 13.8. The van der Waals surface area contributed by atoms with Gasteiger partial charge in [0.05, 0.1) is 10.8 Å². The molecule has 4 aromatic rings. The number of thioether (sulfide) groups is 1. The second-order valence-electron chi connectivity index (χ2n) is 7.40. The summed E-state index contributed by atoms with van der Waals surface area (Å²) in [6, 6.07) is 20.9. The molecule has 0 spiro atoms. The average molecular weight is 497 g/mol. The zero-order valence-electron chi connectivity index (χ0n) is 18.2. The summed E-state index contributed by atoms with van der Waals surface area (Å²) < 4.78 is 1.89. The van der Waals surface area contributed by atoms with Gasteiger partial charge in [-0.3, -0.25) is 9.36 Å². The highest BCUT2D eigenvalue weighted by atomic mass is 35.5. The third-order valence-corrected chi connectivity index (χ3v) is 6.68. The molecule has 0 atom stereocenters. The highest BCUT2D eigenvalue weighted by Crippen LogP contribution is 2.32. The maximum absolute atomic E-state index is 12.8. The van der Waals surface area contributed by atoms with Gasteiger partial charge in [0, 0.05) is 22.0 Å². The number of aryl methyl sites for hydroxylation is 2. The van der Waals surface area contributed by atoms with E-state index in [1.54, 1.807) is 12.1 Å². The molecule has 0 saturated heterocycles. The van der Waals surface area contributed by atoms with Crippen LogP contribution in [0.1, 0.15) is 18.1 Å². The minimum atomic E-state index is -0.103. The third kappa shape index (κ3) is 5.24. The number of amides is 1. The van der Waals surface area contributed by atoms with E-state index in [0.717, 1.165) is 34.5 Å². The molecule has 0 aliphatic heterocycles. The number of para-hydroxylation sites is 1. The Balaban J connectivity index is 1.63. The Morgan fingerprint density at radius 1 is 1.00 bits per heavy atom. The van der Waals surface area contributed by atoms with Crippen LogP contribution in [0.4, 0.5) is 5.69 Å². The van der Waals surface area contributed by atoms with Crippen LogP contribution >= 0.6 is 35.0 Å². The lowest BCUT2D eigenvalue weighted by molar-refractivity contribution is -0.113. The molecule has 0 saturated carbocycles. The van der Waals surface area contributed by atoms with Crippen LogP contribution in [0.25, 0.3) is 17.1 Å². The van der Waals surface area contributed by atoms with E-state index in [9.17, 15) is 4.79 Å². The zero-order valence-corrected chi connectivity index (χ0v) is 20.5. The second-order valence-corrected chi connectivity index (χ2v) is 9.18. The van der Waals surface area contributed by atoms with Crippen molar-refractivity contribution >= 4 is 46.6 Å². The Morgan fingerprint density at radius 2 is 1.76 bits per heavy atom. The van der Waals surface area contributed by atoms with E-state index in [4.69, 9.17) is 23.2 Å². The number of aromatic nitrogens is 3. The highest BCUT2D eigenvalue weighted by Gasteiger charge is 2.19. The fourth-order valence-corrected chi connectivity index (χ4v) is 4.61. The molecule has 0 unspecified atom stereocenters. The Labute approximate surface area is 207 Å². The van der Waals surface area contributed by atoms with Crippen LogP contribution in [-0.2, 0) is 11.2 Å². The Bertz CT molecular complexity index is 1290. The van der Waals surface area contributed by atoms with Crippen LogP contribution in [0.3, 0.4) is 0 Å². The minimum absolute atomic E-state index is 0.103. The van der Waals surface area contributed by atoms with Gasteiger partial charge in [-0.15, -0.1) is 10.2 Å². The first kappa shape index (κ1) is 23.4. The molecule has 0 bridgehead atoms. The van der Waals surface area contributed by atoms with Crippen molar-refractivity contribution < 1.29 is 4.79 Å². The zero-order chi connectivity index (χ0) is 23.4. The van der Waals surface area contributed by atoms with Crippen molar-refractivity contribution in [3.8, 4) is 17.1 Å². The Hall–Kier alpha value is -2.80. The van der Waals surface area contributed by atoms with Crippen LogP contribution in [0.15, 0.2) is 71.9 Å². The van der Waals surface area contributed by atoms with Crippen LogP contribution in [0.5, 0.6) is 0 Å². The summed E-state index contributed by atoms with van der Waals surface area (Å²) in [6.45, 7) is 4.07. The van der Waals surface area contributed by atoms with E-state index < -0.39 is 0 Å². The van der Waals surface area contributed by atoms with Gasteiger partial charge in [0.15, 0.2) is 11.0 Å². The smallest absolute Gasteiger partial charge is 0.234 e. The van der Waals surface area contributed by atoms with Gasteiger partial charge in [0.2, 0.25) is 5.91 Å². The number of hydrogen-bond acceptors (Lipinski definition) is 4. The number of rotatable bonds is 7. The molecule has 168 valence electrons. The maximum atomic E-state index is 12.8. The summed E-state index contributed by atoms with van der Waals surface area (Å²) in [7, 11) is 0. The van der Waals surface area contributed by atoms with Gasteiger partial charge in [-0.2, -0.15) is 0 Å². The second kappa shape index (κ2) is 10.4. The van der Waals surface area contributed by atoms with E-state index in [0.29, 0.717) is 21.0 Å². The Morgan fingerprint density at radius 3 is 2.48 bits per heavy atom. The molecule has 1 aromatic heterocycles. The van der Waals surface area contributed by atoms with Crippen LogP contribution in [-0.4, -0.2) is 26.4 Å². The number of anilines is 1. The first-order valence-corrected chi connectivity index (χ1v) is 12.2. The highest BCUT2D eigenvalue weighted by molar-refractivity contribution is 7.99. The number of halogens is 2. The van der Waals surface area contributed by atoms with Crippen molar-refractivity contribution in [2.45, 2.75) is 25.4 Å². The molecule has 1 heterocycles. The molecule has 33 heavy (non-hydrogen) atoms. The van der Waals surface area contributed by atoms with Crippen molar-refractivity contribution in [2.75, 3.05) is 11.1 Å². The van der Waals surface area contributed by atoms with Crippen molar-refractivity contribution in [1.82, 2.24) is 14.8 Å². The topological polar surface area (TPSA) is 59.8 Å². The molecule has 0 radical (unpaired) electrons. The van der Waals surface area contributed by atoms with E-state index >= 15 is 0 Å². The first-order valence-electron chi connectivity index (χ1n) is 10.4. The average Bonchev–Trinajstić information content (AvgIpc) is 3.23. The quantitative estimate of drug-likeness (QED) is 0.284. The van der Waals surface area contributed by atoms with Crippen LogP contribution in [0, 0.1) is 6.92 Å². The molecule has 0 aliphatic rings. The van der Waals surface area contributed by atoms with Gasteiger partial charge < -0.3 is 5.32 Å². The number of nitrogens with zero attached hydrogens (tertiary/aromatic N) is 3. The number of benzene rings is 3. The largest absolute Gasteiger partial charge is 0.325 e. The molecular formula is C25H22Cl2N4OS. The third-order valence-electron chi connectivity index (χ3n) is 5.17. The van der Waals surface area contributed by atoms with Crippen molar-refractivity contribution in [3.05, 3.63) is 87.9 Å². The van der Waals surface area contributed by atoms with E-state index in [1.807, 2.05) is 66.1 Å². The number of hydrogen-bond donors (Lipinski definition) is 1. The molecule has 8 heteroatoms. The lowest BCUT2D eigenvalue weighted by Gasteiger charge is -2.13. The predicted molar refractivity (Wildman–Crippen MR) is 137 cm³/mol. The molecule has 0 fully saturated rings. The van der Waals surface area contributed by atoms with Crippen LogP contribution in [0.2, 0.25) is 10.0 Å². The van der Waals surface area contributed by atoms with Crippen LogP contribution < -0.4 is 5.32 Å². The predicted octanol–water partition coefficient (Wildman–Crippen LogP) is 6.84. The molecular weight excluding hydrogens is 475 g/mol. The van der Waals surface area contributed by atoms with Gasteiger partial charge >= 0.3 is 0 Å². The fourth-order valence-electron chi connectivity index (χ4n) is 3.51. The summed E-state index contributed by atoms with van der Waals surface area (Å²) in [6.07, 6.45) is 0.844. The lowest BCUT2D eigenvalue weighted by atomic mass is 10.1. The molecule has 1 amide bonds. The summed E-state index contributed by atoms with van der Waals surface area (Å²) in [5, 5.41) is 13.6. The van der Waals surface area contributed by atoms with E-state index in [1.165, 1.54) is 11.8 Å². The molecule has 1 N–H and O–H groups in total. The van der Waals surface area contributed by atoms with E-state index in [-0.39, 0.29) is 11.7 Å². The first-order chi connectivity index (χ1) is 16.0. The van der Waals surface area contributed by atoms with E-state index in [2.05, 4.69) is 22.4 Å². The summed E-state index contributed by atoms with van der Waals surface area (Å²) in [4.78, 5) is 12.8. The van der Waals surface area contributed by atoms with Crippen molar-refractivity contribution in [1.29, 1.82) is 0 Å². The van der Waals surface area contributed by atoms with Crippen molar-refractivity contribution in [3.63, 3.8) is 0 Å². The van der Waals surface area contributed by atoms with Gasteiger partial charge in [0.25, 0.3) is 0 Å². The Kier molecular flexibility index (Phi) is 7.38. The maximum Gasteiger partial charge on any atom is 0.234 e. The summed E-state index contributed by atoms with van der Waals surface area (Å²) in [5.41, 5.74) is 4.61. The van der Waals surface area contributed by atoms with Gasteiger partial charge in [-0.25, -0.2) is 0 Å². The lowest BCUT2D eigenvalue weighted by Crippen LogP contribution is -2.16. The van der Waals surface area contributed by atoms with Gasteiger partial charge in [-0.1, -0.05) is 72.2 Å². The SMILES string of the molecule is CCc1cccc(C)c1NC(=O)CSc1nnc(-c2ccccc2Cl)n1-c1ccc(Cl)cc1. The van der Waals surface area contributed by atoms with Gasteiger partial charge in [-0.05, 0) is 60.9 Å². The monoisotopic (exact) mass is 496 g/mol. The van der Waals surface area contributed by atoms with Gasteiger partial charge in [0.1, 0.15) is 0 Å². The number of carbonyl (C=O) groups is 1. The molecule has 3 aromatic carbocycles. The fraction of sp³-hybridized carbons (Fsp3) is 0.160. The minimum Gasteiger partial charge on any atom is -0.325 e. The van der Waals surface area contributed by atoms with Crippen molar-refractivity contribution in [2.24, 2.45) is 0 Å². The number of carbonyl (C=O) groups excluding carboxylic acids is 1. The summed E-state index contributed by atoms with van der Waals surface area (Å²) in [5.74, 6) is 0.679.